The van der Waals surface area contributed by atoms with E-state index in [-0.39, 0.29) is 0 Å². The monoisotopic (exact) mass is 205 g/mol. The van der Waals surface area contributed by atoms with Crippen LogP contribution in [0.15, 0.2) is 30.3 Å². The van der Waals surface area contributed by atoms with Crippen LogP contribution in [0.1, 0.15) is 32.3 Å². The summed E-state index contributed by atoms with van der Waals surface area (Å²) in [5.41, 5.74) is 7.20. The predicted molar refractivity (Wildman–Crippen MR) is 66.8 cm³/mol. The molecule has 1 heteroatoms. The third-order valence-corrected chi connectivity index (χ3v) is 3.18. The lowest BCUT2D eigenvalue weighted by Crippen LogP contribution is -2.22. The Kier molecular flexibility index (Phi) is 5.41. The van der Waals surface area contributed by atoms with Crippen molar-refractivity contribution in [2.75, 3.05) is 6.54 Å². The van der Waals surface area contributed by atoms with Crippen LogP contribution in [-0.2, 0) is 6.42 Å². The number of rotatable bonds is 6. The van der Waals surface area contributed by atoms with E-state index < -0.39 is 0 Å². The topological polar surface area (TPSA) is 26.0 Å². The van der Waals surface area contributed by atoms with E-state index in [1.807, 2.05) is 0 Å². The van der Waals surface area contributed by atoms with Gasteiger partial charge in [0.1, 0.15) is 0 Å². The molecular weight excluding hydrogens is 182 g/mol. The molecule has 84 valence electrons. The minimum atomic E-state index is 0.630. The van der Waals surface area contributed by atoms with Crippen LogP contribution in [0.2, 0.25) is 0 Å². The van der Waals surface area contributed by atoms with Crippen LogP contribution < -0.4 is 5.73 Å². The van der Waals surface area contributed by atoms with E-state index in [1.165, 1.54) is 24.8 Å². The quantitative estimate of drug-likeness (QED) is 0.758. The third kappa shape index (κ3) is 4.05. The third-order valence-electron chi connectivity index (χ3n) is 3.18. The fraction of sp³-hybridized carbons (Fsp3) is 0.571. The molecular formula is C14H23N. The Balaban J connectivity index is 2.58. The first kappa shape index (κ1) is 12.3. The second-order valence-corrected chi connectivity index (χ2v) is 4.45. The molecule has 2 N–H and O–H groups in total. The van der Waals surface area contributed by atoms with Crippen molar-refractivity contribution in [1.82, 2.24) is 0 Å². The second-order valence-electron chi connectivity index (χ2n) is 4.45. The molecule has 0 aliphatic rings. The van der Waals surface area contributed by atoms with E-state index in [2.05, 4.69) is 44.2 Å². The molecule has 2 atom stereocenters. The molecule has 0 aliphatic carbocycles. The summed E-state index contributed by atoms with van der Waals surface area (Å²) in [6.45, 7) is 5.32. The van der Waals surface area contributed by atoms with Crippen LogP contribution in [0.5, 0.6) is 0 Å². The van der Waals surface area contributed by atoms with E-state index in [0.29, 0.717) is 5.92 Å². The van der Waals surface area contributed by atoms with E-state index >= 15 is 0 Å². The van der Waals surface area contributed by atoms with Crippen molar-refractivity contribution >= 4 is 0 Å². The molecule has 0 amide bonds. The molecule has 1 aromatic rings. The minimum absolute atomic E-state index is 0.630. The zero-order chi connectivity index (χ0) is 11.1. The van der Waals surface area contributed by atoms with Gasteiger partial charge in [0.2, 0.25) is 0 Å². The van der Waals surface area contributed by atoms with Gasteiger partial charge < -0.3 is 5.73 Å². The smallest absolute Gasteiger partial charge is 0.00487 e. The highest BCUT2D eigenvalue weighted by molar-refractivity contribution is 5.15. The molecule has 0 heterocycles. The highest BCUT2D eigenvalue weighted by Crippen LogP contribution is 2.21. The van der Waals surface area contributed by atoms with Gasteiger partial charge in [0.05, 0.1) is 0 Å². The maximum absolute atomic E-state index is 5.76. The Morgan fingerprint density at radius 3 is 2.40 bits per heavy atom. The number of hydrogen-bond donors (Lipinski definition) is 1. The second kappa shape index (κ2) is 6.62. The zero-order valence-corrected chi connectivity index (χ0v) is 9.95. The summed E-state index contributed by atoms with van der Waals surface area (Å²) < 4.78 is 0. The maximum Gasteiger partial charge on any atom is -0.00487 e. The molecule has 0 saturated heterocycles. The van der Waals surface area contributed by atoms with Gasteiger partial charge in [0.25, 0.3) is 0 Å². The van der Waals surface area contributed by atoms with Gasteiger partial charge in [-0.15, -0.1) is 0 Å². The van der Waals surface area contributed by atoms with Crippen molar-refractivity contribution in [3.05, 3.63) is 35.9 Å². The normalized spacial score (nSPS) is 14.9. The largest absolute Gasteiger partial charge is 0.330 e. The highest BCUT2D eigenvalue weighted by atomic mass is 14.5. The Hall–Kier alpha value is -0.820. The molecule has 0 saturated carbocycles. The van der Waals surface area contributed by atoms with Gasteiger partial charge in [-0.3, -0.25) is 0 Å². The van der Waals surface area contributed by atoms with Crippen molar-refractivity contribution in [3.8, 4) is 0 Å². The lowest BCUT2D eigenvalue weighted by molar-refractivity contribution is 0.337. The average molecular weight is 205 g/mol. The maximum atomic E-state index is 5.76. The SMILES string of the molecule is CCCC(Cc1ccccc1)C(C)CN. The van der Waals surface area contributed by atoms with Crippen molar-refractivity contribution in [1.29, 1.82) is 0 Å². The minimum Gasteiger partial charge on any atom is -0.330 e. The lowest BCUT2D eigenvalue weighted by atomic mass is 9.85. The summed E-state index contributed by atoms with van der Waals surface area (Å²) in [7, 11) is 0. The van der Waals surface area contributed by atoms with E-state index in [0.717, 1.165) is 12.5 Å². The molecule has 1 nitrogen and oxygen atoms in total. The van der Waals surface area contributed by atoms with Crippen LogP contribution in [0.3, 0.4) is 0 Å². The van der Waals surface area contributed by atoms with Gasteiger partial charge in [-0.2, -0.15) is 0 Å². The lowest BCUT2D eigenvalue weighted by Gasteiger charge is -2.22. The van der Waals surface area contributed by atoms with Gasteiger partial charge in [-0.05, 0) is 30.4 Å². The van der Waals surface area contributed by atoms with Crippen molar-refractivity contribution < 1.29 is 0 Å². The van der Waals surface area contributed by atoms with E-state index in [9.17, 15) is 0 Å². The fourth-order valence-corrected chi connectivity index (χ4v) is 2.07. The molecule has 0 aliphatic heterocycles. The summed E-state index contributed by atoms with van der Waals surface area (Å²) in [4.78, 5) is 0. The Bertz CT molecular complexity index is 255. The highest BCUT2D eigenvalue weighted by Gasteiger charge is 2.15. The first-order valence-electron chi connectivity index (χ1n) is 6.02. The average Bonchev–Trinajstić information content (AvgIpc) is 2.29. The van der Waals surface area contributed by atoms with Gasteiger partial charge in [0, 0.05) is 0 Å². The van der Waals surface area contributed by atoms with E-state index in [1.54, 1.807) is 0 Å². The first-order valence-corrected chi connectivity index (χ1v) is 6.02. The number of hydrogen-bond acceptors (Lipinski definition) is 1. The molecule has 15 heavy (non-hydrogen) atoms. The van der Waals surface area contributed by atoms with E-state index in [4.69, 9.17) is 5.73 Å². The Labute approximate surface area is 93.7 Å². The molecule has 1 aromatic carbocycles. The summed E-state index contributed by atoms with van der Waals surface area (Å²) >= 11 is 0. The fourth-order valence-electron chi connectivity index (χ4n) is 2.07. The summed E-state index contributed by atoms with van der Waals surface area (Å²) in [6.07, 6.45) is 3.71. The standard InChI is InChI=1S/C14H23N/c1-3-7-14(12(2)11-15)10-13-8-5-4-6-9-13/h4-6,8-9,12,14H,3,7,10-11,15H2,1-2H3. The zero-order valence-electron chi connectivity index (χ0n) is 9.95. The molecule has 0 radical (unpaired) electrons. The Morgan fingerprint density at radius 1 is 1.20 bits per heavy atom. The molecule has 1 rings (SSSR count). The van der Waals surface area contributed by atoms with Crippen molar-refractivity contribution in [2.45, 2.75) is 33.1 Å². The summed E-state index contributed by atoms with van der Waals surface area (Å²) in [5, 5.41) is 0. The van der Waals surface area contributed by atoms with Gasteiger partial charge in [-0.25, -0.2) is 0 Å². The van der Waals surface area contributed by atoms with Crippen molar-refractivity contribution in [3.63, 3.8) is 0 Å². The van der Waals surface area contributed by atoms with Gasteiger partial charge in [0.15, 0.2) is 0 Å². The molecule has 0 spiro atoms. The van der Waals surface area contributed by atoms with Crippen LogP contribution in [-0.4, -0.2) is 6.54 Å². The first-order chi connectivity index (χ1) is 7.27. The Morgan fingerprint density at radius 2 is 1.87 bits per heavy atom. The van der Waals surface area contributed by atoms with Crippen molar-refractivity contribution in [2.24, 2.45) is 17.6 Å². The van der Waals surface area contributed by atoms with Crippen LogP contribution in [0, 0.1) is 11.8 Å². The molecule has 0 bridgehead atoms. The molecule has 0 fully saturated rings. The summed E-state index contributed by atoms with van der Waals surface area (Å²) in [6, 6.07) is 10.7. The molecule has 0 aromatic heterocycles. The number of benzene rings is 1. The van der Waals surface area contributed by atoms with Crippen LogP contribution in [0.25, 0.3) is 0 Å². The van der Waals surface area contributed by atoms with Crippen LogP contribution >= 0.6 is 0 Å². The van der Waals surface area contributed by atoms with Crippen LogP contribution in [0.4, 0.5) is 0 Å². The van der Waals surface area contributed by atoms with Gasteiger partial charge >= 0.3 is 0 Å². The number of nitrogens with two attached hydrogens (primary N) is 1. The summed E-state index contributed by atoms with van der Waals surface area (Å²) in [5.74, 6) is 1.37. The predicted octanol–water partition coefficient (Wildman–Crippen LogP) is 3.24. The molecule has 2 unspecified atom stereocenters. The van der Waals surface area contributed by atoms with Gasteiger partial charge in [-0.1, -0.05) is 57.0 Å².